The molecule has 72 heavy (non-hydrogen) atoms. The van der Waals surface area contributed by atoms with Crippen molar-refractivity contribution >= 4 is 65.0 Å². The van der Waals surface area contributed by atoms with Gasteiger partial charge in [-0.2, -0.15) is 0 Å². The summed E-state index contributed by atoms with van der Waals surface area (Å²) in [6, 6.07) is -6.73. The van der Waals surface area contributed by atoms with Crippen molar-refractivity contribution < 1.29 is 68.1 Å². The normalized spacial score (nSPS) is 14.8. The lowest BCUT2D eigenvalue weighted by atomic mass is 10.0. The Morgan fingerprint density at radius 1 is 0.639 bits per heavy atom. The van der Waals surface area contributed by atoms with E-state index >= 15 is 0 Å². The SMILES string of the molecule is CC(=O)N[C@@H](CC(C)C)C(=O)N[C@H](C(=O)N[C@@H](CCC(N)=O)C(=O)N[C@@H](Cc1cnc[nH]1)C(=O)N[C@@H](Cc1ccc(O)cc1)C(=O)N[C@@H](CC(=O)O)C(=O)N[C@@H](C)C(=O)N[C@@H](CCCCN)C(N)=O)[C@@H](C)O. The van der Waals surface area contributed by atoms with Crippen LogP contribution < -0.4 is 59.7 Å². The Kier molecular flexibility index (Phi) is 25.3. The van der Waals surface area contributed by atoms with Gasteiger partial charge in [-0.25, -0.2) is 4.98 Å². The number of rotatable bonds is 32. The predicted molar refractivity (Wildman–Crippen MR) is 255 cm³/mol. The summed E-state index contributed by atoms with van der Waals surface area (Å²) in [5.41, 5.74) is 16.9. The minimum atomic E-state index is -1.86. The largest absolute Gasteiger partial charge is 0.508 e. The quantitative estimate of drug-likeness (QED) is 0.0308. The maximum absolute atomic E-state index is 14.3. The summed E-state index contributed by atoms with van der Waals surface area (Å²) in [6.45, 7) is 7.51. The molecule has 398 valence electrons. The Labute approximate surface area is 415 Å². The number of aromatic nitrogens is 2. The van der Waals surface area contributed by atoms with Crippen LogP contribution in [0.5, 0.6) is 5.75 Å². The van der Waals surface area contributed by atoms with Gasteiger partial charge in [-0.3, -0.25) is 52.7 Å². The van der Waals surface area contributed by atoms with E-state index in [1.165, 1.54) is 57.6 Å². The van der Waals surface area contributed by atoms with E-state index in [2.05, 4.69) is 52.5 Å². The molecule has 0 spiro atoms. The summed E-state index contributed by atoms with van der Waals surface area (Å²) in [5, 5.41) is 49.5. The number of phenols is 1. The number of amides is 10. The number of carbonyl (C=O) groups excluding carboxylic acids is 10. The Bertz CT molecular complexity index is 2190. The third-order valence-electron chi connectivity index (χ3n) is 10.8. The van der Waals surface area contributed by atoms with Gasteiger partial charge in [-0.1, -0.05) is 26.0 Å². The van der Waals surface area contributed by atoms with Crippen LogP contribution in [0.4, 0.5) is 0 Å². The number of benzene rings is 1. The maximum atomic E-state index is 14.3. The fourth-order valence-corrected chi connectivity index (χ4v) is 6.98. The van der Waals surface area contributed by atoms with Crippen LogP contribution in [0.25, 0.3) is 0 Å². The van der Waals surface area contributed by atoms with Gasteiger partial charge in [0.05, 0.1) is 18.9 Å². The number of aromatic hydroxyl groups is 1. The number of carboxylic acid groups (broad SMARTS) is 1. The smallest absolute Gasteiger partial charge is 0.305 e. The van der Waals surface area contributed by atoms with Gasteiger partial charge < -0.3 is 80.0 Å². The van der Waals surface area contributed by atoms with Crippen molar-refractivity contribution in [3.63, 3.8) is 0 Å². The van der Waals surface area contributed by atoms with Gasteiger partial charge in [0, 0.05) is 38.1 Å². The van der Waals surface area contributed by atoms with Crippen LogP contribution in [0.1, 0.15) is 90.8 Å². The molecule has 9 atom stereocenters. The fourth-order valence-electron chi connectivity index (χ4n) is 6.98. The number of nitrogens with zero attached hydrogens (tertiary/aromatic N) is 1. The second-order valence-electron chi connectivity index (χ2n) is 17.6. The molecule has 1 aromatic carbocycles. The van der Waals surface area contributed by atoms with Gasteiger partial charge in [0.1, 0.15) is 54.1 Å². The number of primary amides is 2. The van der Waals surface area contributed by atoms with Gasteiger partial charge in [0.2, 0.25) is 59.1 Å². The highest BCUT2D eigenvalue weighted by Gasteiger charge is 2.36. The summed E-state index contributed by atoms with van der Waals surface area (Å²) in [4.78, 5) is 151. The number of aliphatic hydroxyl groups is 1. The Hall–Kier alpha value is -7.68. The lowest BCUT2D eigenvalue weighted by molar-refractivity contribution is -0.141. The first-order chi connectivity index (χ1) is 33.8. The number of carboxylic acids is 1. The first kappa shape index (κ1) is 60.4. The van der Waals surface area contributed by atoms with E-state index < -0.39 is 139 Å². The van der Waals surface area contributed by atoms with Crippen molar-refractivity contribution in [2.45, 2.75) is 147 Å². The van der Waals surface area contributed by atoms with Crippen LogP contribution in [0, 0.1) is 5.92 Å². The highest BCUT2D eigenvalue weighted by molar-refractivity contribution is 5.99. The van der Waals surface area contributed by atoms with E-state index in [-0.39, 0.29) is 43.0 Å². The molecule has 0 fully saturated rings. The summed E-state index contributed by atoms with van der Waals surface area (Å²) < 4.78 is 0. The molecular weight excluding hydrogens is 947 g/mol. The summed E-state index contributed by atoms with van der Waals surface area (Å²) in [5.74, 6) is -11.2. The Morgan fingerprint density at radius 2 is 1.18 bits per heavy atom. The highest BCUT2D eigenvalue weighted by Crippen LogP contribution is 2.14. The molecule has 0 bridgehead atoms. The fraction of sp³-hybridized carbons (Fsp3) is 0.556. The van der Waals surface area contributed by atoms with Crippen LogP contribution in [-0.4, -0.2) is 151 Å². The van der Waals surface area contributed by atoms with Gasteiger partial charge in [-0.05, 0) is 76.1 Å². The summed E-state index contributed by atoms with van der Waals surface area (Å²) in [6.07, 6.45) is -0.337. The summed E-state index contributed by atoms with van der Waals surface area (Å²) in [7, 11) is 0. The van der Waals surface area contributed by atoms with Gasteiger partial charge in [0.25, 0.3) is 0 Å². The number of unbranched alkanes of at least 4 members (excludes halogenated alkanes) is 1. The van der Waals surface area contributed by atoms with Crippen LogP contribution in [0.2, 0.25) is 0 Å². The van der Waals surface area contributed by atoms with Crippen molar-refractivity contribution in [1.29, 1.82) is 0 Å². The number of nitrogens with two attached hydrogens (primary N) is 3. The molecule has 1 heterocycles. The minimum absolute atomic E-state index is 0.0869. The first-order valence-electron chi connectivity index (χ1n) is 23.1. The van der Waals surface area contributed by atoms with Crippen molar-refractivity contribution in [2.75, 3.05) is 6.54 Å². The molecule has 0 radical (unpaired) electrons. The second kappa shape index (κ2) is 30.1. The van der Waals surface area contributed by atoms with E-state index in [4.69, 9.17) is 17.2 Å². The van der Waals surface area contributed by atoms with Crippen molar-refractivity contribution in [3.05, 3.63) is 48.0 Å². The summed E-state index contributed by atoms with van der Waals surface area (Å²) >= 11 is 0. The number of nitrogens with one attached hydrogen (secondary N) is 9. The van der Waals surface area contributed by atoms with E-state index in [0.29, 0.717) is 24.9 Å². The number of H-pyrrole nitrogens is 1. The average molecular weight is 1020 g/mol. The van der Waals surface area contributed by atoms with Crippen molar-refractivity contribution in [3.8, 4) is 5.75 Å². The molecule has 0 saturated carbocycles. The number of phenolic OH excluding ortho intramolecular Hbond substituents is 1. The van der Waals surface area contributed by atoms with Crippen molar-refractivity contribution in [2.24, 2.45) is 23.1 Å². The maximum Gasteiger partial charge on any atom is 0.305 e. The molecule has 2 rings (SSSR count). The number of aliphatic carboxylic acids is 1. The predicted octanol–water partition coefficient (Wildman–Crippen LogP) is -4.40. The third kappa shape index (κ3) is 22.0. The monoisotopic (exact) mass is 1020 g/mol. The molecule has 27 heteroatoms. The van der Waals surface area contributed by atoms with E-state index in [1.807, 2.05) is 0 Å². The van der Waals surface area contributed by atoms with E-state index in [0.717, 1.165) is 0 Å². The Balaban J connectivity index is 2.49. The molecule has 2 aromatic rings. The topological polar surface area (TPSA) is 451 Å². The molecule has 18 N–H and O–H groups in total. The zero-order valence-corrected chi connectivity index (χ0v) is 40.8. The number of carbonyl (C=O) groups is 11. The Morgan fingerprint density at radius 3 is 1.69 bits per heavy atom. The number of aliphatic hydroxyl groups excluding tert-OH is 1. The highest BCUT2D eigenvalue weighted by atomic mass is 16.4. The second-order valence-corrected chi connectivity index (χ2v) is 17.6. The van der Waals surface area contributed by atoms with Gasteiger partial charge >= 0.3 is 5.97 Å². The number of hydrogen-bond donors (Lipinski definition) is 15. The van der Waals surface area contributed by atoms with Gasteiger partial charge in [0.15, 0.2) is 0 Å². The standard InChI is InChI=1S/C45H69N13O14/c1-22(2)16-31(52-25(5)60)44(71)58-37(24(4)59)45(72)54-30(13-14-35(47)62)40(67)56-33(18-27-20-49-21-50-27)43(70)55-32(17-26-9-11-28(61)12-10-26)42(69)57-34(19-36(63)64)41(68)51-23(3)39(66)53-29(38(48)65)8-6-7-15-46/h9-12,20-24,29-34,37,59,61H,6-8,13-19,46H2,1-5H3,(H2,47,62)(H2,48,65)(H,49,50)(H,51,68)(H,52,60)(H,53,66)(H,54,72)(H,55,70)(H,56,67)(H,57,69)(H,58,71)(H,63,64)/t23-,24+,29-,30-,31-,32-,33-,34-,37-/m0/s1. The molecule has 10 amide bonds. The van der Waals surface area contributed by atoms with E-state index in [9.17, 15) is 68.1 Å². The number of imidazole rings is 1. The lowest BCUT2D eigenvalue weighted by Gasteiger charge is -2.28. The lowest BCUT2D eigenvalue weighted by Crippen LogP contribution is -2.62. The van der Waals surface area contributed by atoms with E-state index in [1.54, 1.807) is 13.8 Å². The van der Waals surface area contributed by atoms with Crippen LogP contribution in [-0.2, 0) is 65.6 Å². The molecule has 0 aliphatic carbocycles. The zero-order valence-electron chi connectivity index (χ0n) is 40.8. The van der Waals surface area contributed by atoms with Crippen LogP contribution in [0.3, 0.4) is 0 Å². The molecule has 1 aromatic heterocycles. The van der Waals surface area contributed by atoms with Crippen molar-refractivity contribution in [1.82, 2.24) is 52.5 Å². The first-order valence-corrected chi connectivity index (χ1v) is 23.1. The molecule has 27 nitrogen and oxygen atoms in total. The molecule has 0 unspecified atom stereocenters. The third-order valence-corrected chi connectivity index (χ3v) is 10.8. The molecular formula is C45H69N13O14. The number of aromatic amines is 1. The molecule has 0 saturated heterocycles. The van der Waals surface area contributed by atoms with Crippen LogP contribution in [0.15, 0.2) is 36.8 Å². The van der Waals surface area contributed by atoms with Crippen LogP contribution >= 0.6 is 0 Å². The zero-order chi connectivity index (χ0) is 54.2. The molecule has 0 aliphatic heterocycles. The number of hydrogen-bond acceptors (Lipinski definition) is 15. The molecule has 0 aliphatic rings. The van der Waals surface area contributed by atoms with Gasteiger partial charge in [-0.15, -0.1) is 0 Å². The minimum Gasteiger partial charge on any atom is -0.508 e. The average Bonchev–Trinajstić information content (AvgIpc) is 3.81.